The minimum Gasteiger partial charge on any atom is -0.494 e. The van der Waals surface area contributed by atoms with Crippen LogP contribution in [-0.2, 0) is 24.8 Å². The summed E-state index contributed by atoms with van der Waals surface area (Å²) in [6.45, 7) is 15.0. The fourth-order valence-corrected chi connectivity index (χ4v) is 9.37. The number of fused-ring (bicyclic) bond motifs is 4. The zero-order valence-electron chi connectivity index (χ0n) is 35.6. The van der Waals surface area contributed by atoms with Crippen molar-refractivity contribution in [2.24, 2.45) is 7.05 Å². The van der Waals surface area contributed by atoms with Crippen molar-refractivity contribution in [1.82, 2.24) is 23.9 Å². The Morgan fingerprint density at radius 2 is 1.74 bits per heavy atom. The van der Waals surface area contributed by atoms with E-state index in [0.29, 0.717) is 64.9 Å². The fraction of sp³-hybridized carbons (Fsp3) is 0.312. The molecule has 0 unspecified atom stereocenters. The zero-order valence-corrected chi connectivity index (χ0v) is 37.1. The van der Waals surface area contributed by atoms with Crippen LogP contribution in [0.4, 0.5) is 5.69 Å². The molecule has 11 nitrogen and oxygen atoms in total. The summed E-state index contributed by atoms with van der Waals surface area (Å²) in [7, 11) is 1.93. The topological polar surface area (TPSA) is 120 Å². The van der Waals surface area contributed by atoms with Gasteiger partial charge in [-0.05, 0) is 132 Å². The Balaban J connectivity index is 1.30. The van der Waals surface area contributed by atoms with Crippen LogP contribution in [0.1, 0.15) is 92.2 Å². The van der Waals surface area contributed by atoms with Gasteiger partial charge in [0.15, 0.2) is 0 Å². The summed E-state index contributed by atoms with van der Waals surface area (Å²) in [6.07, 6.45) is 2.77. The molecule has 1 amide bonds. The van der Waals surface area contributed by atoms with Crippen LogP contribution in [0.25, 0.3) is 32.9 Å². The molecule has 0 fully saturated rings. The first-order valence-corrected chi connectivity index (χ1v) is 21.2. The van der Waals surface area contributed by atoms with Crippen molar-refractivity contribution >= 4 is 62.6 Å². The average Bonchev–Trinajstić information content (AvgIpc) is 3.84. The molecule has 1 aliphatic heterocycles. The first kappa shape index (κ1) is 41.6. The number of ether oxygens (including phenoxy) is 2. The van der Waals surface area contributed by atoms with Crippen LogP contribution in [0.5, 0.6) is 5.75 Å². The number of anilines is 1. The van der Waals surface area contributed by atoms with Crippen LogP contribution in [0.2, 0.25) is 10.0 Å². The molecule has 7 aromatic rings. The lowest BCUT2D eigenvalue weighted by Gasteiger charge is -2.35. The van der Waals surface area contributed by atoms with Crippen LogP contribution in [-0.4, -0.2) is 55.5 Å². The monoisotopic (exact) mass is 855 g/mol. The van der Waals surface area contributed by atoms with Crippen molar-refractivity contribution in [1.29, 1.82) is 5.26 Å². The summed E-state index contributed by atoms with van der Waals surface area (Å²) in [5.74, 6) is 0.0904. The number of amides is 1. The zero-order chi connectivity index (χ0) is 43.4. The third-order valence-corrected chi connectivity index (χ3v) is 12.6. The van der Waals surface area contributed by atoms with Crippen LogP contribution in [0.15, 0.2) is 60.8 Å². The molecule has 0 bridgehead atoms. The molecule has 0 N–H and O–H groups in total. The van der Waals surface area contributed by atoms with E-state index in [1.165, 1.54) is 0 Å². The lowest BCUT2D eigenvalue weighted by Crippen LogP contribution is -2.43. The number of carbonyl (C=O) groups is 2. The molecule has 0 aliphatic carbocycles. The normalized spacial score (nSPS) is 13.9. The van der Waals surface area contributed by atoms with Crippen molar-refractivity contribution < 1.29 is 19.1 Å². The molecular formula is C48H47Cl2N7O4. The summed E-state index contributed by atoms with van der Waals surface area (Å²) >= 11 is 13.6. The lowest BCUT2D eigenvalue weighted by molar-refractivity contribution is 0.0515. The highest BCUT2D eigenvalue weighted by Crippen LogP contribution is 2.46. The maximum Gasteiger partial charge on any atom is 0.354 e. The highest BCUT2D eigenvalue weighted by Gasteiger charge is 2.38. The highest BCUT2D eigenvalue weighted by molar-refractivity contribution is 6.35. The van der Waals surface area contributed by atoms with Gasteiger partial charge in [0.05, 0.1) is 64.5 Å². The number of hydrogen-bond acceptors (Lipinski definition) is 7. The van der Waals surface area contributed by atoms with E-state index >= 15 is 4.79 Å². The van der Waals surface area contributed by atoms with E-state index in [0.717, 1.165) is 71.8 Å². The number of nitriles is 1. The Hall–Kier alpha value is -6.09. The number of rotatable bonds is 11. The molecule has 1 aliphatic rings. The average molecular weight is 857 g/mol. The van der Waals surface area contributed by atoms with Gasteiger partial charge in [-0.2, -0.15) is 10.4 Å². The van der Waals surface area contributed by atoms with Gasteiger partial charge < -0.3 is 23.5 Å². The van der Waals surface area contributed by atoms with E-state index in [2.05, 4.69) is 22.5 Å². The fourth-order valence-electron chi connectivity index (χ4n) is 9.01. The summed E-state index contributed by atoms with van der Waals surface area (Å²) in [5.41, 5.74) is 11.5. The summed E-state index contributed by atoms with van der Waals surface area (Å²) in [4.78, 5) is 35.6. The van der Waals surface area contributed by atoms with Gasteiger partial charge in [-0.1, -0.05) is 29.3 Å². The first-order chi connectivity index (χ1) is 29.2. The summed E-state index contributed by atoms with van der Waals surface area (Å²) < 4.78 is 17.7. The molecule has 312 valence electrons. The van der Waals surface area contributed by atoms with E-state index in [1.54, 1.807) is 25.3 Å². The second kappa shape index (κ2) is 16.4. The number of benzene rings is 3. The predicted octanol–water partition coefficient (Wildman–Crippen LogP) is 10.6. The van der Waals surface area contributed by atoms with Crippen molar-refractivity contribution in [3.63, 3.8) is 0 Å². The lowest BCUT2D eigenvalue weighted by atomic mass is 9.98. The standard InChI is InChI=1S/C48H47Cl2N7O4/c1-9-60-48(59)40-22-33-17-26(2)18-39(44(33)55(40)25-34-21-32(23-51)14-15-52-34)56-24-29(5)57-45-37(12-13-38(49)42(45)41-30(6)53-54(8)31(41)7)36(46(57)47(56)58)11-10-16-61-35-19-27(3)43(50)28(4)20-35/h12-15,17-22,29H,9-11,16,24-25H2,1-8H3/t29-/m1/s1. The molecule has 61 heavy (non-hydrogen) atoms. The summed E-state index contributed by atoms with van der Waals surface area (Å²) in [5, 5.41) is 17.5. The van der Waals surface area contributed by atoms with Crippen molar-refractivity contribution in [3.05, 3.63) is 127 Å². The number of nitrogens with zero attached hydrogens (tertiary/aromatic N) is 7. The molecular weight excluding hydrogens is 809 g/mol. The second-order valence-corrected chi connectivity index (χ2v) is 16.8. The van der Waals surface area contributed by atoms with Gasteiger partial charge in [-0.25, -0.2) is 4.79 Å². The van der Waals surface area contributed by atoms with Crippen LogP contribution in [0, 0.1) is 45.9 Å². The number of pyridine rings is 1. The van der Waals surface area contributed by atoms with Gasteiger partial charge in [0.25, 0.3) is 5.91 Å². The molecule has 0 saturated heterocycles. The Kier molecular flexibility index (Phi) is 11.2. The first-order valence-electron chi connectivity index (χ1n) is 20.5. The number of esters is 1. The Morgan fingerprint density at radius 3 is 2.43 bits per heavy atom. The number of halogens is 2. The predicted molar refractivity (Wildman–Crippen MR) is 240 cm³/mol. The molecule has 4 aromatic heterocycles. The minimum atomic E-state index is -0.490. The maximum atomic E-state index is 15.6. The van der Waals surface area contributed by atoms with Crippen molar-refractivity contribution in [2.75, 3.05) is 24.7 Å². The second-order valence-electron chi connectivity index (χ2n) is 16.0. The third kappa shape index (κ3) is 7.32. The molecule has 0 saturated carbocycles. The third-order valence-electron chi connectivity index (χ3n) is 11.7. The minimum absolute atomic E-state index is 0.169. The molecule has 8 rings (SSSR count). The Morgan fingerprint density at radius 1 is 0.984 bits per heavy atom. The quantitative estimate of drug-likeness (QED) is 0.0938. The molecule has 3 aromatic carbocycles. The molecule has 5 heterocycles. The van der Waals surface area contributed by atoms with E-state index in [9.17, 15) is 10.1 Å². The Bertz CT molecular complexity index is 2950. The SMILES string of the molecule is CCOC(=O)c1cc2cc(C)cc(N3C[C@@H](C)n4c(c(CCCOc5cc(C)c(Cl)c(C)c5)c5ccc(Cl)c(-c6c(C)nn(C)c6C)c54)C3=O)c2n1Cc1cc(C#N)ccn1. The largest absolute Gasteiger partial charge is 0.494 e. The molecule has 13 heteroatoms. The smallest absolute Gasteiger partial charge is 0.354 e. The van der Waals surface area contributed by atoms with Gasteiger partial charge in [0, 0.05) is 58.4 Å². The molecule has 1 atom stereocenters. The van der Waals surface area contributed by atoms with Gasteiger partial charge >= 0.3 is 5.97 Å². The van der Waals surface area contributed by atoms with Crippen LogP contribution >= 0.6 is 23.2 Å². The van der Waals surface area contributed by atoms with E-state index < -0.39 is 5.97 Å². The van der Waals surface area contributed by atoms with E-state index in [-0.39, 0.29) is 25.1 Å². The highest BCUT2D eigenvalue weighted by atomic mass is 35.5. The van der Waals surface area contributed by atoms with Crippen molar-refractivity contribution in [2.45, 2.75) is 73.9 Å². The van der Waals surface area contributed by atoms with Gasteiger partial charge in [-0.3, -0.25) is 14.5 Å². The van der Waals surface area contributed by atoms with Gasteiger partial charge in [0.1, 0.15) is 17.1 Å². The van der Waals surface area contributed by atoms with E-state index in [4.69, 9.17) is 37.8 Å². The summed E-state index contributed by atoms with van der Waals surface area (Å²) in [6, 6.07) is 19.0. The van der Waals surface area contributed by atoms with Crippen molar-refractivity contribution in [3.8, 4) is 22.9 Å². The Labute approximate surface area is 365 Å². The van der Waals surface area contributed by atoms with Gasteiger partial charge in [-0.15, -0.1) is 0 Å². The number of aryl methyl sites for hydroxylation is 6. The molecule has 0 radical (unpaired) electrons. The van der Waals surface area contributed by atoms with Crippen LogP contribution < -0.4 is 9.64 Å². The maximum absolute atomic E-state index is 15.6. The number of carbonyl (C=O) groups excluding carboxylic acids is 2. The van der Waals surface area contributed by atoms with Crippen LogP contribution in [0.3, 0.4) is 0 Å². The number of hydrogen-bond donors (Lipinski definition) is 0. The van der Waals surface area contributed by atoms with E-state index in [1.807, 2.05) is 98.3 Å². The number of aromatic nitrogens is 5. The van der Waals surface area contributed by atoms with Gasteiger partial charge in [0.2, 0.25) is 0 Å². The molecule has 0 spiro atoms.